The number of benzene rings is 1. The summed E-state index contributed by atoms with van der Waals surface area (Å²) in [7, 11) is 0. The van der Waals surface area contributed by atoms with Crippen molar-refractivity contribution in [2.24, 2.45) is 0 Å². The second-order valence-electron chi connectivity index (χ2n) is 4.48. The van der Waals surface area contributed by atoms with Crippen molar-refractivity contribution < 1.29 is 18.7 Å². The maximum Gasteiger partial charge on any atom is 0.344 e. The highest BCUT2D eigenvalue weighted by atomic mass is 35.5. The Hall–Kier alpha value is -2.18. The molecule has 0 spiro atoms. The van der Waals surface area contributed by atoms with Gasteiger partial charge in [0.1, 0.15) is 11.0 Å². The third-order valence-corrected chi connectivity index (χ3v) is 3.47. The van der Waals surface area contributed by atoms with Gasteiger partial charge in [-0.05, 0) is 25.1 Å². The zero-order valence-corrected chi connectivity index (χ0v) is 14.2. The van der Waals surface area contributed by atoms with Gasteiger partial charge in [0.05, 0.1) is 17.2 Å². The van der Waals surface area contributed by atoms with Crippen molar-refractivity contribution in [3.63, 3.8) is 0 Å². The Kier molecular flexibility index (Phi) is 6.11. The lowest BCUT2D eigenvalue weighted by atomic mass is 10.2. The van der Waals surface area contributed by atoms with Crippen LogP contribution in [-0.4, -0.2) is 29.2 Å². The maximum atomic E-state index is 13.6. The van der Waals surface area contributed by atoms with Crippen molar-refractivity contribution in [1.29, 1.82) is 0 Å². The number of nitrogens with zero attached hydrogens (tertiary/aromatic N) is 2. The van der Waals surface area contributed by atoms with Gasteiger partial charge in [-0.25, -0.2) is 14.2 Å². The molecule has 0 bridgehead atoms. The number of carbonyl (C=O) groups is 1. The molecular weight excluding hydrogens is 358 g/mol. The lowest BCUT2D eigenvalue weighted by molar-refractivity contribution is -0.145. The van der Waals surface area contributed by atoms with Gasteiger partial charge >= 0.3 is 5.97 Å². The molecule has 0 aliphatic heterocycles. The molecule has 0 fully saturated rings. The van der Waals surface area contributed by atoms with Gasteiger partial charge in [-0.1, -0.05) is 35.9 Å². The second kappa shape index (κ2) is 8.08. The molecule has 126 valence electrons. The number of rotatable bonds is 6. The van der Waals surface area contributed by atoms with Gasteiger partial charge in [-0.15, -0.1) is 0 Å². The molecule has 1 aromatic heterocycles. The van der Waals surface area contributed by atoms with E-state index in [0.29, 0.717) is 11.1 Å². The van der Waals surface area contributed by atoms with Crippen LogP contribution in [0.25, 0.3) is 17.5 Å². The van der Waals surface area contributed by atoms with Gasteiger partial charge in [-0.2, -0.15) is 4.98 Å². The molecule has 1 aromatic carbocycles. The minimum absolute atomic E-state index is 0.0219. The second-order valence-corrected chi connectivity index (χ2v) is 5.25. The molecule has 0 saturated carbocycles. The number of carbonyl (C=O) groups excluding carboxylic acids is 1. The van der Waals surface area contributed by atoms with E-state index >= 15 is 0 Å². The zero-order valence-electron chi connectivity index (χ0n) is 12.7. The van der Waals surface area contributed by atoms with E-state index < -0.39 is 11.8 Å². The first-order valence-electron chi connectivity index (χ1n) is 6.90. The highest BCUT2D eigenvalue weighted by Gasteiger charge is 2.16. The predicted molar refractivity (Wildman–Crippen MR) is 89.7 cm³/mol. The van der Waals surface area contributed by atoms with E-state index in [0.717, 1.165) is 0 Å². The molecule has 0 N–H and O–H groups in total. The fourth-order valence-electron chi connectivity index (χ4n) is 1.80. The van der Waals surface area contributed by atoms with Gasteiger partial charge in [0.2, 0.25) is 5.88 Å². The third kappa shape index (κ3) is 4.21. The largest absolute Gasteiger partial charge is 0.465 e. The molecule has 24 heavy (non-hydrogen) atoms. The molecule has 0 atom stereocenters. The Morgan fingerprint density at radius 2 is 2.12 bits per heavy atom. The first kappa shape index (κ1) is 18.2. The van der Waals surface area contributed by atoms with E-state index in [4.69, 9.17) is 32.7 Å². The molecule has 2 rings (SSSR count). The molecule has 0 aliphatic rings. The number of esters is 1. The monoisotopic (exact) mass is 370 g/mol. The minimum atomic E-state index is -0.615. The van der Waals surface area contributed by atoms with Crippen LogP contribution < -0.4 is 4.74 Å². The van der Waals surface area contributed by atoms with Gasteiger partial charge in [0.15, 0.2) is 12.4 Å². The van der Waals surface area contributed by atoms with E-state index in [9.17, 15) is 9.18 Å². The maximum absolute atomic E-state index is 13.6. The summed E-state index contributed by atoms with van der Waals surface area (Å²) in [5, 5.41) is 0.0376. The highest BCUT2D eigenvalue weighted by molar-refractivity contribution is 6.31. The number of aromatic nitrogens is 2. The van der Waals surface area contributed by atoms with Crippen LogP contribution in [0.15, 0.2) is 24.8 Å². The Morgan fingerprint density at radius 3 is 2.75 bits per heavy atom. The fourth-order valence-corrected chi connectivity index (χ4v) is 2.15. The van der Waals surface area contributed by atoms with Crippen molar-refractivity contribution in [3.8, 4) is 17.3 Å². The molecule has 0 aliphatic carbocycles. The lowest BCUT2D eigenvalue weighted by Crippen LogP contribution is -2.16. The molecule has 8 heteroatoms. The SMILES string of the molecule is C=Cc1c(Cl)nc(-c2ccc(Cl)c(F)c2)nc1OCC(=O)OCC. The number of ether oxygens (including phenoxy) is 2. The van der Waals surface area contributed by atoms with Crippen LogP contribution in [0.4, 0.5) is 4.39 Å². The average Bonchev–Trinajstić information content (AvgIpc) is 2.55. The molecule has 0 amide bonds. The molecule has 0 unspecified atom stereocenters. The summed E-state index contributed by atoms with van der Waals surface area (Å²) in [6, 6.07) is 4.10. The van der Waals surface area contributed by atoms with E-state index in [1.54, 1.807) is 13.0 Å². The van der Waals surface area contributed by atoms with Crippen LogP contribution in [0, 0.1) is 5.82 Å². The summed E-state index contributed by atoms with van der Waals surface area (Å²) in [5.41, 5.74) is 0.676. The Labute approximate surface area is 148 Å². The van der Waals surface area contributed by atoms with Crippen LogP contribution in [0.5, 0.6) is 5.88 Å². The number of hydrogen-bond acceptors (Lipinski definition) is 5. The Morgan fingerprint density at radius 1 is 1.38 bits per heavy atom. The van der Waals surface area contributed by atoms with Crippen molar-refractivity contribution in [2.75, 3.05) is 13.2 Å². The first-order valence-corrected chi connectivity index (χ1v) is 7.65. The standard InChI is InChI=1S/C16H13Cl2FN2O3/c1-3-10-14(18)20-15(9-5-6-11(17)12(19)7-9)21-16(10)24-8-13(22)23-4-2/h3,5-7H,1,4,8H2,2H3. The van der Waals surface area contributed by atoms with E-state index in [2.05, 4.69) is 16.5 Å². The van der Waals surface area contributed by atoms with Gasteiger partial charge in [-0.3, -0.25) is 0 Å². The number of hydrogen-bond donors (Lipinski definition) is 0. The van der Waals surface area contributed by atoms with E-state index in [1.807, 2.05) is 0 Å². The smallest absolute Gasteiger partial charge is 0.344 e. The van der Waals surface area contributed by atoms with Crippen molar-refractivity contribution in [2.45, 2.75) is 6.92 Å². The summed E-state index contributed by atoms with van der Waals surface area (Å²) in [6.07, 6.45) is 1.40. The fraction of sp³-hybridized carbons (Fsp3) is 0.188. The average molecular weight is 371 g/mol. The van der Waals surface area contributed by atoms with Crippen LogP contribution in [0.1, 0.15) is 12.5 Å². The van der Waals surface area contributed by atoms with Gasteiger partial charge in [0.25, 0.3) is 0 Å². The summed E-state index contributed by atoms with van der Waals surface area (Å²) >= 11 is 11.8. The summed E-state index contributed by atoms with van der Waals surface area (Å²) in [5.74, 6) is -1.000. The van der Waals surface area contributed by atoms with Crippen LogP contribution in [0.2, 0.25) is 10.2 Å². The van der Waals surface area contributed by atoms with Gasteiger partial charge in [0, 0.05) is 5.56 Å². The summed E-state index contributed by atoms with van der Waals surface area (Å²) in [6.45, 7) is 5.17. The van der Waals surface area contributed by atoms with Crippen molar-refractivity contribution in [3.05, 3.63) is 46.3 Å². The minimum Gasteiger partial charge on any atom is -0.465 e. The highest BCUT2D eigenvalue weighted by Crippen LogP contribution is 2.29. The van der Waals surface area contributed by atoms with E-state index in [-0.39, 0.29) is 35.1 Å². The van der Waals surface area contributed by atoms with Crippen LogP contribution >= 0.6 is 23.2 Å². The topological polar surface area (TPSA) is 61.3 Å². The number of halogens is 3. The molecule has 0 radical (unpaired) electrons. The van der Waals surface area contributed by atoms with Gasteiger partial charge < -0.3 is 9.47 Å². The van der Waals surface area contributed by atoms with Crippen LogP contribution in [-0.2, 0) is 9.53 Å². The molecule has 0 saturated heterocycles. The predicted octanol–water partition coefficient (Wildman–Crippen LogP) is 4.17. The summed E-state index contributed by atoms with van der Waals surface area (Å²) < 4.78 is 23.7. The first-order chi connectivity index (χ1) is 11.5. The molecule has 5 nitrogen and oxygen atoms in total. The Balaban J connectivity index is 2.38. The molecule has 2 aromatic rings. The zero-order chi connectivity index (χ0) is 17.7. The normalized spacial score (nSPS) is 10.3. The quantitative estimate of drug-likeness (QED) is 0.563. The molecular formula is C16H13Cl2FN2O3. The van der Waals surface area contributed by atoms with Crippen molar-refractivity contribution in [1.82, 2.24) is 9.97 Å². The third-order valence-electron chi connectivity index (χ3n) is 2.88. The van der Waals surface area contributed by atoms with Crippen LogP contribution in [0.3, 0.4) is 0 Å². The molecule has 1 heterocycles. The van der Waals surface area contributed by atoms with E-state index in [1.165, 1.54) is 18.2 Å². The van der Waals surface area contributed by atoms with Crippen molar-refractivity contribution >= 4 is 35.2 Å². The Bertz CT molecular complexity index is 784. The lowest BCUT2D eigenvalue weighted by Gasteiger charge is -2.11. The summed E-state index contributed by atoms with van der Waals surface area (Å²) in [4.78, 5) is 19.7.